The SMILES string of the molecule is CC1(C(=O)Nc2cccc(S(C)(=O)=O)c2)CCNC1.Cl. The van der Waals surface area contributed by atoms with Crippen LogP contribution in [0.1, 0.15) is 13.3 Å². The Morgan fingerprint density at radius 2 is 2.10 bits per heavy atom. The third-order valence-electron chi connectivity index (χ3n) is 3.44. The van der Waals surface area contributed by atoms with Crippen molar-refractivity contribution in [2.24, 2.45) is 5.41 Å². The molecular formula is C13H19ClN2O3S. The average molecular weight is 319 g/mol. The Hall–Kier alpha value is -1.11. The number of rotatable bonds is 3. The van der Waals surface area contributed by atoms with E-state index in [4.69, 9.17) is 0 Å². The molecule has 2 N–H and O–H groups in total. The van der Waals surface area contributed by atoms with Crippen LogP contribution in [0, 0.1) is 5.41 Å². The summed E-state index contributed by atoms with van der Waals surface area (Å²) in [5, 5.41) is 5.95. The van der Waals surface area contributed by atoms with Crippen LogP contribution < -0.4 is 10.6 Å². The predicted octanol–water partition coefficient (Wildman–Crippen LogP) is 1.45. The van der Waals surface area contributed by atoms with Gasteiger partial charge in [0.1, 0.15) is 0 Å². The van der Waals surface area contributed by atoms with E-state index in [1.165, 1.54) is 12.1 Å². The molecule has 0 spiro atoms. The standard InChI is InChI=1S/C13H18N2O3S.ClH/c1-13(6-7-14-9-13)12(16)15-10-4-3-5-11(8-10)19(2,17)18;/h3-5,8,14H,6-7,9H2,1-2H3,(H,15,16);1H. The van der Waals surface area contributed by atoms with Crippen LogP contribution in [-0.2, 0) is 14.6 Å². The summed E-state index contributed by atoms with van der Waals surface area (Å²) < 4.78 is 22.9. The number of sulfone groups is 1. The number of nitrogens with one attached hydrogen (secondary N) is 2. The van der Waals surface area contributed by atoms with Gasteiger partial charge in [0, 0.05) is 18.5 Å². The van der Waals surface area contributed by atoms with Crippen molar-refractivity contribution in [3.8, 4) is 0 Å². The molecule has 1 aliphatic heterocycles. The Kier molecular flexibility index (Phi) is 5.18. The van der Waals surface area contributed by atoms with Gasteiger partial charge in [-0.25, -0.2) is 8.42 Å². The average Bonchev–Trinajstić information content (AvgIpc) is 2.77. The van der Waals surface area contributed by atoms with Crippen LogP contribution >= 0.6 is 12.4 Å². The molecule has 1 atom stereocenters. The normalized spacial score (nSPS) is 22.1. The van der Waals surface area contributed by atoms with E-state index < -0.39 is 15.3 Å². The fourth-order valence-corrected chi connectivity index (χ4v) is 2.76. The summed E-state index contributed by atoms with van der Waals surface area (Å²) in [4.78, 5) is 12.4. The lowest BCUT2D eigenvalue weighted by Crippen LogP contribution is -2.35. The van der Waals surface area contributed by atoms with Crippen LogP contribution in [0.3, 0.4) is 0 Å². The Morgan fingerprint density at radius 3 is 2.65 bits per heavy atom. The molecule has 0 saturated carbocycles. The van der Waals surface area contributed by atoms with Crippen LogP contribution in [-0.4, -0.2) is 33.7 Å². The van der Waals surface area contributed by atoms with Crippen molar-refractivity contribution < 1.29 is 13.2 Å². The van der Waals surface area contributed by atoms with Crippen molar-refractivity contribution in [3.05, 3.63) is 24.3 Å². The molecule has 0 aliphatic carbocycles. The van der Waals surface area contributed by atoms with Gasteiger partial charge < -0.3 is 10.6 Å². The summed E-state index contributed by atoms with van der Waals surface area (Å²) in [5.41, 5.74) is 0.0854. The summed E-state index contributed by atoms with van der Waals surface area (Å²) in [6.45, 7) is 3.38. The molecule has 1 unspecified atom stereocenters. The van der Waals surface area contributed by atoms with Gasteiger partial charge in [-0.05, 0) is 38.1 Å². The van der Waals surface area contributed by atoms with Gasteiger partial charge in [0.25, 0.3) is 0 Å². The van der Waals surface area contributed by atoms with Crippen molar-refractivity contribution in [1.29, 1.82) is 0 Å². The van der Waals surface area contributed by atoms with Crippen LogP contribution in [0.2, 0.25) is 0 Å². The van der Waals surface area contributed by atoms with Crippen molar-refractivity contribution in [1.82, 2.24) is 5.32 Å². The van der Waals surface area contributed by atoms with Gasteiger partial charge in [-0.3, -0.25) is 4.79 Å². The zero-order chi connectivity index (χ0) is 14.1. The minimum atomic E-state index is -3.26. The number of amides is 1. The molecule has 0 bridgehead atoms. The van der Waals surface area contributed by atoms with Crippen LogP contribution in [0.15, 0.2) is 29.2 Å². The largest absolute Gasteiger partial charge is 0.326 e. The summed E-state index contributed by atoms with van der Waals surface area (Å²) in [6.07, 6.45) is 1.93. The third-order valence-corrected chi connectivity index (χ3v) is 4.55. The van der Waals surface area contributed by atoms with Crippen LogP contribution in [0.25, 0.3) is 0 Å². The Bertz CT molecular complexity index is 595. The highest BCUT2D eigenvalue weighted by atomic mass is 35.5. The fourth-order valence-electron chi connectivity index (χ4n) is 2.10. The molecule has 20 heavy (non-hydrogen) atoms. The number of hydrogen-bond acceptors (Lipinski definition) is 4. The summed E-state index contributed by atoms with van der Waals surface area (Å²) in [5.74, 6) is -0.0804. The molecule has 1 saturated heterocycles. The summed E-state index contributed by atoms with van der Waals surface area (Å²) >= 11 is 0. The molecule has 1 heterocycles. The van der Waals surface area contributed by atoms with E-state index >= 15 is 0 Å². The minimum absolute atomic E-state index is 0. The van der Waals surface area contributed by atoms with Crippen LogP contribution in [0.5, 0.6) is 0 Å². The maximum absolute atomic E-state index is 12.2. The molecule has 112 valence electrons. The zero-order valence-corrected chi connectivity index (χ0v) is 13.1. The first-order chi connectivity index (χ1) is 8.81. The minimum Gasteiger partial charge on any atom is -0.326 e. The topological polar surface area (TPSA) is 75.3 Å². The molecule has 1 aliphatic rings. The second kappa shape index (κ2) is 6.11. The molecule has 1 aromatic carbocycles. The van der Waals surface area contributed by atoms with Gasteiger partial charge in [0.15, 0.2) is 9.84 Å². The van der Waals surface area contributed by atoms with Gasteiger partial charge in [-0.15, -0.1) is 12.4 Å². The van der Waals surface area contributed by atoms with E-state index in [0.29, 0.717) is 12.2 Å². The first-order valence-corrected chi connectivity index (χ1v) is 8.03. The Morgan fingerprint density at radius 1 is 1.40 bits per heavy atom. The Labute approximate surface area is 125 Å². The van der Waals surface area contributed by atoms with Crippen molar-refractivity contribution in [3.63, 3.8) is 0 Å². The summed E-state index contributed by atoms with van der Waals surface area (Å²) in [6, 6.07) is 6.32. The lowest BCUT2D eigenvalue weighted by Gasteiger charge is -2.21. The number of carbonyl (C=O) groups is 1. The highest BCUT2D eigenvalue weighted by molar-refractivity contribution is 7.90. The molecule has 0 radical (unpaired) electrons. The molecule has 7 heteroatoms. The van der Waals surface area contributed by atoms with Gasteiger partial charge in [0.2, 0.25) is 5.91 Å². The Balaban J connectivity index is 0.00000200. The van der Waals surface area contributed by atoms with Gasteiger partial charge in [-0.1, -0.05) is 6.07 Å². The fraction of sp³-hybridized carbons (Fsp3) is 0.462. The molecule has 0 aromatic heterocycles. The molecule has 1 aromatic rings. The second-order valence-corrected chi connectivity index (χ2v) is 7.26. The number of anilines is 1. The van der Waals surface area contributed by atoms with Gasteiger partial charge >= 0.3 is 0 Å². The number of benzene rings is 1. The van der Waals surface area contributed by atoms with E-state index in [9.17, 15) is 13.2 Å². The maximum atomic E-state index is 12.2. The predicted molar refractivity (Wildman–Crippen MR) is 81.0 cm³/mol. The number of hydrogen-bond donors (Lipinski definition) is 2. The smallest absolute Gasteiger partial charge is 0.231 e. The van der Waals surface area contributed by atoms with E-state index in [1.54, 1.807) is 12.1 Å². The molecule has 2 rings (SSSR count). The highest BCUT2D eigenvalue weighted by Crippen LogP contribution is 2.26. The van der Waals surface area contributed by atoms with Gasteiger partial charge in [0.05, 0.1) is 10.3 Å². The lowest BCUT2D eigenvalue weighted by atomic mass is 9.89. The van der Waals surface area contributed by atoms with E-state index in [-0.39, 0.29) is 23.2 Å². The van der Waals surface area contributed by atoms with Crippen molar-refractivity contribution in [2.45, 2.75) is 18.2 Å². The quantitative estimate of drug-likeness (QED) is 0.884. The first kappa shape index (κ1) is 16.9. The molecule has 5 nitrogen and oxygen atoms in total. The lowest BCUT2D eigenvalue weighted by molar-refractivity contribution is -0.123. The molecule has 1 amide bonds. The van der Waals surface area contributed by atoms with E-state index in [1.807, 2.05) is 6.92 Å². The number of carbonyl (C=O) groups excluding carboxylic acids is 1. The van der Waals surface area contributed by atoms with Crippen LogP contribution in [0.4, 0.5) is 5.69 Å². The highest BCUT2D eigenvalue weighted by Gasteiger charge is 2.36. The monoisotopic (exact) mass is 318 g/mol. The molecule has 1 fully saturated rings. The second-order valence-electron chi connectivity index (χ2n) is 5.24. The number of halogens is 1. The first-order valence-electron chi connectivity index (χ1n) is 6.14. The summed E-state index contributed by atoms with van der Waals surface area (Å²) in [7, 11) is -3.26. The van der Waals surface area contributed by atoms with Crippen molar-refractivity contribution >= 4 is 33.8 Å². The maximum Gasteiger partial charge on any atom is 0.231 e. The third kappa shape index (κ3) is 3.71. The molecular weight excluding hydrogens is 300 g/mol. The van der Waals surface area contributed by atoms with E-state index in [0.717, 1.165) is 19.2 Å². The van der Waals surface area contributed by atoms with Gasteiger partial charge in [-0.2, -0.15) is 0 Å². The van der Waals surface area contributed by atoms with Crippen molar-refractivity contribution in [2.75, 3.05) is 24.7 Å². The zero-order valence-electron chi connectivity index (χ0n) is 11.5. The van der Waals surface area contributed by atoms with E-state index in [2.05, 4.69) is 10.6 Å².